The van der Waals surface area contributed by atoms with Crippen LogP contribution < -0.4 is 11.1 Å². The second kappa shape index (κ2) is 6.01. The lowest BCUT2D eigenvalue weighted by Crippen LogP contribution is -2.12. The van der Waals surface area contributed by atoms with Crippen LogP contribution in [0.4, 0.5) is 10.1 Å². The van der Waals surface area contributed by atoms with Gasteiger partial charge in [0.05, 0.1) is 0 Å². The lowest BCUT2D eigenvalue weighted by atomic mass is 10.1. The molecule has 0 aromatic heterocycles. The van der Waals surface area contributed by atoms with Crippen molar-refractivity contribution in [3.63, 3.8) is 0 Å². The number of rotatable bonds is 4. The Labute approximate surface area is 124 Å². The maximum Gasteiger partial charge on any atom is 0.248 e. The summed E-state index contributed by atoms with van der Waals surface area (Å²) in [6.45, 7) is 0.352. The van der Waals surface area contributed by atoms with E-state index in [9.17, 15) is 9.18 Å². The Morgan fingerprint density at radius 1 is 1.26 bits per heavy atom. The van der Waals surface area contributed by atoms with E-state index >= 15 is 0 Å². The number of anilines is 1. The van der Waals surface area contributed by atoms with E-state index in [-0.39, 0.29) is 5.56 Å². The lowest BCUT2D eigenvalue weighted by molar-refractivity contribution is 0.1000. The van der Waals surface area contributed by atoms with Crippen molar-refractivity contribution in [3.8, 4) is 0 Å². The standard InChI is InChI=1S/C14H12FIN2O/c15-13-6-9(14(17)19)4-5-10(13)8-18-12-3-1-2-11(16)7-12/h1-7,18H,8H2,(H2,17,19). The van der Waals surface area contributed by atoms with Crippen molar-refractivity contribution in [1.82, 2.24) is 0 Å². The number of hydrogen-bond acceptors (Lipinski definition) is 2. The second-order valence-corrected chi connectivity index (χ2v) is 5.28. The molecule has 0 aliphatic rings. The normalized spacial score (nSPS) is 10.2. The fourth-order valence-corrected chi connectivity index (χ4v) is 2.18. The van der Waals surface area contributed by atoms with Gasteiger partial charge in [0.2, 0.25) is 5.91 Å². The van der Waals surface area contributed by atoms with Gasteiger partial charge in [0.15, 0.2) is 0 Å². The van der Waals surface area contributed by atoms with Gasteiger partial charge < -0.3 is 11.1 Å². The summed E-state index contributed by atoms with van der Waals surface area (Å²) in [6.07, 6.45) is 0. The molecule has 0 heterocycles. The zero-order valence-corrected chi connectivity index (χ0v) is 12.1. The highest BCUT2D eigenvalue weighted by molar-refractivity contribution is 14.1. The third kappa shape index (κ3) is 3.66. The molecule has 0 saturated carbocycles. The van der Waals surface area contributed by atoms with Crippen LogP contribution in [0.15, 0.2) is 42.5 Å². The Bertz CT molecular complexity index is 616. The lowest BCUT2D eigenvalue weighted by Gasteiger charge is -2.08. The minimum atomic E-state index is -0.629. The molecule has 2 aromatic rings. The molecule has 0 unspecified atom stereocenters. The van der Waals surface area contributed by atoms with Gasteiger partial charge in [-0.1, -0.05) is 12.1 Å². The molecule has 0 spiro atoms. The maximum atomic E-state index is 13.7. The van der Waals surface area contributed by atoms with E-state index in [1.54, 1.807) is 6.07 Å². The molecule has 0 saturated heterocycles. The van der Waals surface area contributed by atoms with Crippen LogP contribution in [-0.2, 0) is 6.54 Å². The van der Waals surface area contributed by atoms with Gasteiger partial charge in [-0.05, 0) is 52.9 Å². The average Bonchev–Trinajstić information content (AvgIpc) is 2.37. The Hall–Kier alpha value is -1.63. The summed E-state index contributed by atoms with van der Waals surface area (Å²) in [5.74, 6) is -1.06. The molecule has 3 N–H and O–H groups in total. The Balaban J connectivity index is 2.10. The summed E-state index contributed by atoms with van der Waals surface area (Å²) in [7, 11) is 0. The number of amides is 1. The molecule has 0 bridgehead atoms. The molecular weight excluding hydrogens is 358 g/mol. The van der Waals surface area contributed by atoms with Gasteiger partial charge in [-0.3, -0.25) is 4.79 Å². The third-order valence-electron chi connectivity index (χ3n) is 2.65. The minimum Gasteiger partial charge on any atom is -0.381 e. The smallest absolute Gasteiger partial charge is 0.248 e. The summed E-state index contributed by atoms with van der Waals surface area (Å²) < 4.78 is 14.8. The monoisotopic (exact) mass is 370 g/mol. The van der Waals surface area contributed by atoms with E-state index < -0.39 is 11.7 Å². The maximum absolute atomic E-state index is 13.7. The van der Waals surface area contributed by atoms with Gasteiger partial charge in [-0.15, -0.1) is 0 Å². The fourth-order valence-electron chi connectivity index (χ4n) is 1.64. The zero-order chi connectivity index (χ0) is 13.8. The van der Waals surface area contributed by atoms with Crippen molar-refractivity contribution >= 4 is 34.2 Å². The molecule has 2 rings (SSSR count). The van der Waals surface area contributed by atoms with Gasteiger partial charge >= 0.3 is 0 Å². The van der Waals surface area contributed by atoms with Crippen molar-refractivity contribution < 1.29 is 9.18 Å². The van der Waals surface area contributed by atoms with Gasteiger partial charge in [0.25, 0.3) is 0 Å². The van der Waals surface area contributed by atoms with Crippen LogP contribution >= 0.6 is 22.6 Å². The van der Waals surface area contributed by atoms with Crippen molar-refractivity contribution in [2.24, 2.45) is 5.73 Å². The van der Waals surface area contributed by atoms with E-state index in [1.807, 2.05) is 24.3 Å². The molecule has 1 amide bonds. The first-order chi connectivity index (χ1) is 9.06. The first-order valence-electron chi connectivity index (χ1n) is 5.64. The third-order valence-corrected chi connectivity index (χ3v) is 3.32. The summed E-state index contributed by atoms with van der Waals surface area (Å²) in [6, 6.07) is 12.0. The quantitative estimate of drug-likeness (QED) is 0.813. The van der Waals surface area contributed by atoms with Crippen LogP contribution in [0.3, 0.4) is 0 Å². The number of hydrogen-bond donors (Lipinski definition) is 2. The van der Waals surface area contributed by atoms with Crippen LogP contribution in [0, 0.1) is 9.39 Å². The minimum absolute atomic E-state index is 0.176. The fraction of sp³-hybridized carbons (Fsp3) is 0.0714. The summed E-state index contributed by atoms with van der Waals surface area (Å²) in [5.41, 5.74) is 6.68. The number of primary amides is 1. The summed E-state index contributed by atoms with van der Waals surface area (Å²) in [5, 5.41) is 3.13. The highest BCUT2D eigenvalue weighted by Crippen LogP contribution is 2.15. The average molecular weight is 370 g/mol. The van der Waals surface area contributed by atoms with Crippen LogP contribution in [0.25, 0.3) is 0 Å². The number of nitrogens with two attached hydrogens (primary N) is 1. The van der Waals surface area contributed by atoms with Crippen molar-refractivity contribution in [1.29, 1.82) is 0 Å². The van der Waals surface area contributed by atoms with Gasteiger partial charge in [0, 0.05) is 26.9 Å². The predicted molar refractivity (Wildman–Crippen MR) is 81.4 cm³/mol. The van der Waals surface area contributed by atoms with E-state index in [1.165, 1.54) is 6.07 Å². The number of benzene rings is 2. The first kappa shape index (κ1) is 13.8. The highest BCUT2D eigenvalue weighted by Gasteiger charge is 2.06. The highest BCUT2D eigenvalue weighted by atomic mass is 127. The van der Waals surface area contributed by atoms with Crippen molar-refractivity contribution in [2.45, 2.75) is 6.54 Å². The summed E-state index contributed by atoms with van der Waals surface area (Å²) >= 11 is 2.21. The molecular formula is C14H12FIN2O. The van der Waals surface area contributed by atoms with Crippen LogP contribution in [0.5, 0.6) is 0 Å². The van der Waals surface area contributed by atoms with Crippen LogP contribution in [0.1, 0.15) is 15.9 Å². The van der Waals surface area contributed by atoms with Crippen LogP contribution in [-0.4, -0.2) is 5.91 Å². The SMILES string of the molecule is NC(=O)c1ccc(CNc2cccc(I)c2)c(F)c1. The largest absolute Gasteiger partial charge is 0.381 e. The van der Waals surface area contributed by atoms with Crippen LogP contribution in [0.2, 0.25) is 0 Å². The zero-order valence-electron chi connectivity index (χ0n) is 9.99. The molecule has 98 valence electrons. The van der Waals surface area contributed by atoms with E-state index in [2.05, 4.69) is 27.9 Å². The van der Waals surface area contributed by atoms with E-state index in [0.29, 0.717) is 12.1 Å². The number of nitrogens with one attached hydrogen (secondary N) is 1. The Morgan fingerprint density at radius 3 is 2.68 bits per heavy atom. The number of carbonyl (C=O) groups is 1. The number of halogens is 2. The molecule has 19 heavy (non-hydrogen) atoms. The van der Waals surface area contributed by atoms with Gasteiger partial charge in [-0.25, -0.2) is 4.39 Å². The predicted octanol–water partition coefficient (Wildman–Crippen LogP) is 3.14. The molecule has 5 heteroatoms. The Morgan fingerprint density at radius 2 is 2.05 bits per heavy atom. The van der Waals surface area contributed by atoms with E-state index in [0.717, 1.165) is 15.3 Å². The molecule has 0 radical (unpaired) electrons. The second-order valence-electron chi connectivity index (χ2n) is 4.03. The summed E-state index contributed by atoms with van der Waals surface area (Å²) in [4.78, 5) is 10.9. The first-order valence-corrected chi connectivity index (χ1v) is 6.72. The molecule has 0 fully saturated rings. The molecule has 3 nitrogen and oxygen atoms in total. The van der Waals surface area contributed by atoms with Gasteiger partial charge in [0.1, 0.15) is 5.82 Å². The number of carbonyl (C=O) groups excluding carboxylic acids is 1. The van der Waals surface area contributed by atoms with Crippen molar-refractivity contribution in [3.05, 3.63) is 63.0 Å². The van der Waals surface area contributed by atoms with Gasteiger partial charge in [-0.2, -0.15) is 0 Å². The van der Waals surface area contributed by atoms with E-state index in [4.69, 9.17) is 5.73 Å². The molecule has 0 aliphatic heterocycles. The topological polar surface area (TPSA) is 55.1 Å². The molecule has 2 aromatic carbocycles. The molecule has 0 aliphatic carbocycles. The Kier molecular flexibility index (Phi) is 4.36. The molecule has 0 atom stereocenters. The van der Waals surface area contributed by atoms with Crippen molar-refractivity contribution in [2.75, 3.05) is 5.32 Å².